The first-order valence-electron chi connectivity index (χ1n) is 18.8. The summed E-state index contributed by atoms with van der Waals surface area (Å²) in [6.07, 6.45) is 0.317. The largest absolute Gasteiger partial charge is 0.506 e. The maximum Gasteiger partial charge on any atom is 0.320 e. The fourth-order valence-corrected chi connectivity index (χ4v) is 9.47. The highest BCUT2D eigenvalue weighted by atomic mass is 127. The fraction of sp³-hybridized carbons (Fsp3) is 0.356. The lowest BCUT2D eigenvalue weighted by Crippen LogP contribution is -2.36. The van der Waals surface area contributed by atoms with Crippen molar-refractivity contribution in [3.05, 3.63) is 108 Å². The minimum absolute atomic E-state index is 0.00346. The van der Waals surface area contributed by atoms with Crippen LogP contribution in [-0.4, -0.2) is 66.2 Å². The van der Waals surface area contributed by atoms with Crippen LogP contribution in [-0.2, 0) is 39.8 Å². The number of aryl methyl sites for hydroxylation is 2. The van der Waals surface area contributed by atoms with Gasteiger partial charge in [0.25, 0.3) is 0 Å². The van der Waals surface area contributed by atoms with Crippen molar-refractivity contribution < 1.29 is 52.8 Å². The summed E-state index contributed by atoms with van der Waals surface area (Å²) < 4.78 is 29.8. The second-order valence-corrected chi connectivity index (χ2v) is 20.4. The zero-order valence-electron chi connectivity index (χ0n) is 35.5. The highest BCUT2D eigenvalue weighted by Crippen LogP contribution is 2.38. The van der Waals surface area contributed by atoms with Gasteiger partial charge in [0.1, 0.15) is 28.5 Å². The topological polar surface area (TPSA) is 164 Å². The van der Waals surface area contributed by atoms with E-state index in [0.717, 1.165) is 18.3 Å². The third-order valence-corrected chi connectivity index (χ3v) is 11.3. The molecule has 0 spiro atoms. The molecule has 61 heavy (non-hydrogen) atoms. The van der Waals surface area contributed by atoms with Crippen LogP contribution >= 0.6 is 90.4 Å². The standard InChI is InChI=1S/C33H26I4O7.C12H23NO4/c1-16-8-22(9-17(2)31(16)43-18(3)38)29(39)20-7-5-6-19(10-20)11-24(33(41)42-4)21-12-27(36)32(28(37)13-21)44-23-14-25(34)30(40)26(35)15-23;1-11(2,3)16-9(14)7-13-8-10(15)17-12(4,5)6/h5-10,12-15,24,40H,11H2,1-4H3;13H,7-8H2,1-6H3. The van der Waals surface area contributed by atoms with Crippen molar-refractivity contribution in [2.24, 2.45) is 0 Å². The molecule has 4 rings (SSSR count). The Hall–Kier alpha value is -3.09. The Morgan fingerprint density at radius 3 is 1.67 bits per heavy atom. The van der Waals surface area contributed by atoms with Crippen LogP contribution in [0.25, 0.3) is 0 Å². The van der Waals surface area contributed by atoms with Crippen LogP contribution in [0, 0.1) is 28.1 Å². The Labute approximate surface area is 411 Å². The SMILES string of the molecule is CC(C)(C)OC(=O)CNCC(=O)OC(C)(C)C.COC(=O)C(Cc1cccc(C(=O)c2cc(C)c(OC(C)=O)c(C)c2)c1)c1cc(I)c(Oc2cc(I)c(O)c(I)c2)c(I)c1. The summed E-state index contributed by atoms with van der Waals surface area (Å²) in [5.74, 6) is -0.470. The number of hydrogen-bond acceptors (Lipinski definition) is 12. The molecule has 4 aromatic rings. The maximum absolute atomic E-state index is 13.5. The van der Waals surface area contributed by atoms with Gasteiger partial charge in [0.05, 0.1) is 40.4 Å². The third kappa shape index (κ3) is 16.9. The fourth-order valence-electron chi connectivity index (χ4n) is 5.73. The van der Waals surface area contributed by atoms with E-state index in [1.54, 1.807) is 97.9 Å². The van der Waals surface area contributed by atoms with Crippen molar-refractivity contribution in [3.8, 4) is 23.0 Å². The number of aromatic hydroxyl groups is 1. The smallest absolute Gasteiger partial charge is 0.320 e. The number of phenols is 1. The van der Waals surface area contributed by atoms with E-state index < -0.39 is 29.1 Å². The summed E-state index contributed by atoms with van der Waals surface area (Å²) in [7, 11) is 1.36. The number of rotatable bonds is 13. The molecule has 0 bridgehead atoms. The molecule has 1 atom stereocenters. The average Bonchev–Trinajstić information content (AvgIpc) is 3.13. The van der Waals surface area contributed by atoms with E-state index in [-0.39, 0.29) is 36.6 Å². The number of hydrogen-bond donors (Lipinski definition) is 2. The Morgan fingerprint density at radius 1 is 0.705 bits per heavy atom. The molecule has 2 N–H and O–H groups in total. The predicted octanol–water partition coefficient (Wildman–Crippen LogP) is 10.1. The Kier molecular flexibility index (Phi) is 19.7. The molecule has 0 radical (unpaired) electrons. The van der Waals surface area contributed by atoms with Gasteiger partial charge < -0.3 is 28.8 Å². The molecule has 0 aliphatic heterocycles. The lowest BCUT2D eigenvalue weighted by Gasteiger charge is -2.20. The lowest BCUT2D eigenvalue weighted by molar-refractivity contribution is -0.155. The molecule has 328 valence electrons. The summed E-state index contributed by atoms with van der Waals surface area (Å²) in [5.41, 5.74) is 2.89. The summed E-state index contributed by atoms with van der Waals surface area (Å²) in [5, 5.41) is 12.8. The molecule has 0 saturated heterocycles. The van der Waals surface area contributed by atoms with Gasteiger partial charge in [-0.2, -0.15) is 0 Å². The van der Waals surface area contributed by atoms with Gasteiger partial charge in [-0.3, -0.25) is 29.3 Å². The quantitative estimate of drug-likeness (QED) is 0.0429. The van der Waals surface area contributed by atoms with Crippen LogP contribution in [0.3, 0.4) is 0 Å². The molecular formula is C45H49I4NO11. The molecule has 0 heterocycles. The van der Waals surface area contributed by atoms with Crippen molar-refractivity contribution in [2.45, 2.75) is 85.9 Å². The van der Waals surface area contributed by atoms with Crippen molar-refractivity contribution >= 4 is 120 Å². The molecule has 1 unspecified atom stereocenters. The van der Waals surface area contributed by atoms with Crippen LogP contribution in [0.5, 0.6) is 23.0 Å². The number of esters is 4. The van der Waals surface area contributed by atoms with Crippen molar-refractivity contribution in [1.82, 2.24) is 5.32 Å². The van der Waals surface area contributed by atoms with Crippen LogP contribution in [0.4, 0.5) is 0 Å². The summed E-state index contributed by atoms with van der Waals surface area (Å²) in [6.45, 7) is 15.7. The first-order chi connectivity index (χ1) is 28.3. The molecule has 4 aromatic carbocycles. The van der Waals surface area contributed by atoms with Crippen molar-refractivity contribution in [1.29, 1.82) is 0 Å². The van der Waals surface area contributed by atoms with Crippen LogP contribution in [0.15, 0.2) is 60.7 Å². The third-order valence-electron chi connectivity index (χ3n) is 8.10. The molecule has 0 aliphatic carbocycles. The molecule has 0 aromatic heterocycles. The molecule has 0 fully saturated rings. The Balaban J connectivity index is 0.000000493. The molecular weight excluding hydrogens is 1240 g/mol. The maximum atomic E-state index is 13.5. The van der Waals surface area contributed by atoms with Crippen LogP contribution in [0.1, 0.15) is 92.6 Å². The van der Waals surface area contributed by atoms with Gasteiger partial charge in [-0.05, 0) is 217 Å². The number of methoxy groups -OCH3 is 1. The minimum atomic E-state index is -0.621. The minimum Gasteiger partial charge on any atom is -0.506 e. The zero-order valence-corrected chi connectivity index (χ0v) is 44.1. The number of ketones is 1. The number of phenolic OH excluding ortho intramolecular Hbond substituents is 1. The summed E-state index contributed by atoms with van der Waals surface area (Å²) in [4.78, 5) is 60.6. The molecule has 12 nitrogen and oxygen atoms in total. The van der Waals surface area contributed by atoms with E-state index in [1.165, 1.54) is 14.0 Å². The monoisotopic (exact) mass is 1290 g/mol. The van der Waals surface area contributed by atoms with Crippen LogP contribution < -0.4 is 14.8 Å². The number of halogens is 4. The number of nitrogens with one attached hydrogen (secondary N) is 1. The summed E-state index contributed by atoms with van der Waals surface area (Å²) >= 11 is 8.50. The first-order valence-corrected chi connectivity index (χ1v) is 23.1. The van der Waals surface area contributed by atoms with E-state index in [4.69, 9.17) is 23.7 Å². The van der Waals surface area contributed by atoms with E-state index >= 15 is 0 Å². The highest BCUT2D eigenvalue weighted by Gasteiger charge is 2.26. The average molecular weight is 1290 g/mol. The van der Waals surface area contributed by atoms with Gasteiger partial charge in [-0.1, -0.05) is 18.2 Å². The van der Waals surface area contributed by atoms with Gasteiger partial charge in [0, 0.05) is 18.1 Å². The number of carbonyl (C=O) groups excluding carboxylic acids is 5. The molecule has 0 aliphatic rings. The number of carbonyl (C=O) groups is 5. The van der Waals surface area contributed by atoms with E-state index in [2.05, 4.69) is 95.7 Å². The highest BCUT2D eigenvalue weighted by molar-refractivity contribution is 14.1. The predicted molar refractivity (Wildman–Crippen MR) is 266 cm³/mol. The van der Waals surface area contributed by atoms with Crippen molar-refractivity contribution in [3.63, 3.8) is 0 Å². The zero-order chi connectivity index (χ0) is 46.0. The van der Waals surface area contributed by atoms with E-state index in [9.17, 15) is 29.1 Å². The van der Waals surface area contributed by atoms with E-state index in [1.807, 2.05) is 18.2 Å². The van der Waals surface area contributed by atoms with Gasteiger partial charge in [0.2, 0.25) is 0 Å². The Bertz CT molecular complexity index is 2180. The second kappa shape index (κ2) is 23.0. The normalized spacial score (nSPS) is 11.7. The van der Waals surface area contributed by atoms with Gasteiger partial charge >= 0.3 is 23.9 Å². The van der Waals surface area contributed by atoms with Gasteiger partial charge in [-0.15, -0.1) is 0 Å². The van der Waals surface area contributed by atoms with Gasteiger partial charge in [0.15, 0.2) is 11.5 Å². The van der Waals surface area contributed by atoms with Crippen molar-refractivity contribution in [2.75, 3.05) is 20.2 Å². The van der Waals surface area contributed by atoms with E-state index in [0.29, 0.717) is 53.1 Å². The molecule has 0 saturated carbocycles. The summed E-state index contributed by atoms with van der Waals surface area (Å²) in [6, 6.07) is 18.0. The molecule has 16 heteroatoms. The number of ether oxygens (including phenoxy) is 5. The second-order valence-electron chi connectivity index (χ2n) is 15.8. The number of benzene rings is 4. The first kappa shape index (κ1) is 52.3. The van der Waals surface area contributed by atoms with Crippen LogP contribution in [0.2, 0.25) is 0 Å². The lowest BCUT2D eigenvalue weighted by atomic mass is 9.90. The molecule has 0 amide bonds. The van der Waals surface area contributed by atoms with Gasteiger partial charge in [-0.25, -0.2) is 0 Å². The Morgan fingerprint density at radius 2 is 1.21 bits per heavy atom.